The standard InChI is InChI=1S/C66H114O6/c1-4-7-10-13-16-19-21-23-25-27-28-29-30-31-32-33-34-35-36-37-38-40-41-43-45-47-50-53-56-59-65(68)71-62-63(61-70-64(67)58-55-52-49-18-15-12-9-6-3)72-66(69)60-57-54-51-48-46-44-42-39-26-24-22-20-17-14-11-8-5-2/h8,11,17,20-21,23-24,26-28,42,44,48,51,63H,4-7,9-10,12-16,18-19,22,25,29-41,43,45-47,49-50,52-62H2,1-3H3/b11-8-,20-17-,23-21-,26-24-,28-27-,44-42-,51-48-. The molecular weight excluding hydrogens is 889 g/mol. The molecule has 0 rings (SSSR count). The monoisotopic (exact) mass is 1000 g/mol. The Balaban J connectivity index is 4.16. The third-order valence-electron chi connectivity index (χ3n) is 13.1. The lowest BCUT2D eigenvalue weighted by atomic mass is 10.0. The largest absolute Gasteiger partial charge is 0.462 e. The topological polar surface area (TPSA) is 78.9 Å². The van der Waals surface area contributed by atoms with Crippen molar-refractivity contribution in [3.63, 3.8) is 0 Å². The van der Waals surface area contributed by atoms with Crippen molar-refractivity contribution in [1.82, 2.24) is 0 Å². The van der Waals surface area contributed by atoms with Gasteiger partial charge in [-0.25, -0.2) is 0 Å². The molecule has 0 aliphatic heterocycles. The second-order valence-corrected chi connectivity index (χ2v) is 20.2. The van der Waals surface area contributed by atoms with Crippen molar-refractivity contribution in [2.45, 2.75) is 303 Å². The number of hydrogen-bond acceptors (Lipinski definition) is 6. The van der Waals surface area contributed by atoms with Gasteiger partial charge in [-0.15, -0.1) is 0 Å². The molecule has 1 atom stereocenters. The summed E-state index contributed by atoms with van der Waals surface area (Å²) in [5.74, 6) is -0.952. The average Bonchev–Trinajstić information content (AvgIpc) is 3.38. The van der Waals surface area contributed by atoms with Crippen molar-refractivity contribution >= 4 is 17.9 Å². The van der Waals surface area contributed by atoms with Crippen molar-refractivity contribution in [2.24, 2.45) is 0 Å². The van der Waals surface area contributed by atoms with Gasteiger partial charge >= 0.3 is 17.9 Å². The van der Waals surface area contributed by atoms with E-state index in [1.54, 1.807) is 0 Å². The van der Waals surface area contributed by atoms with E-state index in [2.05, 4.69) is 106 Å². The van der Waals surface area contributed by atoms with Crippen LogP contribution in [0.1, 0.15) is 297 Å². The van der Waals surface area contributed by atoms with Gasteiger partial charge < -0.3 is 14.2 Å². The van der Waals surface area contributed by atoms with Crippen LogP contribution in [0.25, 0.3) is 0 Å². The van der Waals surface area contributed by atoms with E-state index in [1.807, 2.05) is 0 Å². The lowest BCUT2D eigenvalue weighted by molar-refractivity contribution is -0.167. The van der Waals surface area contributed by atoms with Gasteiger partial charge in [-0.05, 0) is 89.9 Å². The number of carbonyl (C=O) groups is 3. The zero-order valence-corrected chi connectivity index (χ0v) is 47.4. The van der Waals surface area contributed by atoms with Crippen LogP contribution < -0.4 is 0 Å². The maximum Gasteiger partial charge on any atom is 0.306 e. The van der Waals surface area contributed by atoms with Crippen LogP contribution in [0.15, 0.2) is 85.1 Å². The van der Waals surface area contributed by atoms with Gasteiger partial charge in [-0.3, -0.25) is 14.4 Å². The van der Waals surface area contributed by atoms with Crippen LogP contribution in [0, 0.1) is 0 Å². The van der Waals surface area contributed by atoms with Crippen LogP contribution in [0.3, 0.4) is 0 Å². The maximum atomic E-state index is 12.8. The Morgan fingerprint density at radius 3 is 0.889 bits per heavy atom. The SMILES string of the molecule is CC/C=C\C/C=C\C/C=C\C/C=C\C/C=C\CCCC(=O)OC(COC(=O)CCCCCCCCCC)COC(=O)CCCCCCCCCCCCCCCCCCC/C=C\C/C=C\CCCCCCC. The predicted molar refractivity (Wildman–Crippen MR) is 311 cm³/mol. The third kappa shape index (κ3) is 57.5. The number of unbranched alkanes of at least 4 members (excludes halogenated alkanes) is 30. The first-order valence-electron chi connectivity index (χ1n) is 30.6. The molecule has 0 bridgehead atoms. The van der Waals surface area contributed by atoms with Crippen LogP contribution >= 0.6 is 0 Å². The number of hydrogen-bond donors (Lipinski definition) is 0. The van der Waals surface area contributed by atoms with Gasteiger partial charge in [0.15, 0.2) is 6.10 Å². The molecular formula is C66H114O6. The minimum absolute atomic E-state index is 0.0965. The van der Waals surface area contributed by atoms with E-state index in [4.69, 9.17) is 14.2 Å². The second-order valence-electron chi connectivity index (χ2n) is 20.2. The highest BCUT2D eigenvalue weighted by Gasteiger charge is 2.19. The summed E-state index contributed by atoms with van der Waals surface area (Å²) >= 11 is 0. The Morgan fingerprint density at radius 1 is 0.292 bits per heavy atom. The first-order valence-corrected chi connectivity index (χ1v) is 30.6. The van der Waals surface area contributed by atoms with Crippen LogP contribution in [-0.4, -0.2) is 37.2 Å². The zero-order chi connectivity index (χ0) is 52.2. The highest BCUT2D eigenvalue weighted by molar-refractivity contribution is 5.71. The lowest BCUT2D eigenvalue weighted by Gasteiger charge is -2.18. The normalized spacial score (nSPS) is 12.7. The molecule has 0 radical (unpaired) electrons. The van der Waals surface area contributed by atoms with Crippen molar-refractivity contribution < 1.29 is 28.6 Å². The van der Waals surface area contributed by atoms with E-state index in [0.717, 1.165) is 83.5 Å². The summed E-state index contributed by atoms with van der Waals surface area (Å²) in [6.07, 6.45) is 79.1. The zero-order valence-electron chi connectivity index (χ0n) is 47.4. The summed E-state index contributed by atoms with van der Waals surface area (Å²) < 4.78 is 16.8. The van der Waals surface area contributed by atoms with Gasteiger partial charge in [0.25, 0.3) is 0 Å². The van der Waals surface area contributed by atoms with Crippen molar-refractivity contribution in [1.29, 1.82) is 0 Å². The van der Waals surface area contributed by atoms with Gasteiger partial charge in [0.1, 0.15) is 13.2 Å². The van der Waals surface area contributed by atoms with E-state index >= 15 is 0 Å². The number of allylic oxidation sites excluding steroid dienone is 14. The molecule has 0 saturated carbocycles. The number of carbonyl (C=O) groups excluding carboxylic acids is 3. The number of ether oxygens (including phenoxy) is 3. The van der Waals surface area contributed by atoms with E-state index in [1.165, 1.54) is 167 Å². The Kier molecular flexibility index (Phi) is 57.3. The van der Waals surface area contributed by atoms with Gasteiger partial charge in [0, 0.05) is 19.3 Å². The summed E-state index contributed by atoms with van der Waals surface area (Å²) in [6, 6.07) is 0. The van der Waals surface area contributed by atoms with Crippen molar-refractivity contribution in [3.05, 3.63) is 85.1 Å². The maximum absolute atomic E-state index is 12.8. The van der Waals surface area contributed by atoms with Crippen molar-refractivity contribution in [2.75, 3.05) is 13.2 Å². The molecule has 0 aliphatic rings. The lowest BCUT2D eigenvalue weighted by Crippen LogP contribution is -2.30. The average molecular weight is 1000 g/mol. The highest BCUT2D eigenvalue weighted by atomic mass is 16.6. The van der Waals surface area contributed by atoms with Crippen LogP contribution in [-0.2, 0) is 28.6 Å². The molecule has 414 valence electrons. The summed E-state index contributed by atoms with van der Waals surface area (Å²) in [4.78, 5) is 38.0. The number of esters is 3. The fourth-order valence-electron chi connectivity index (χ4n) is 8.57. The first kappa shape index (κ1) is 68.6. The minimum Gasteiger partial charge on any atom is -0.462 e. The molecule has 0 N–H and O–H groups in total. The minimum atomic E-state index is -0.803. The Morgan fingerprint density at radius 2 is 0.556 bits per heavy atom. The van der Waals surface area contributed by atoms with E-state index in [-0.39, 0.29) is 37.5 Å². The fraction of sp³-hybridized carbons (Fsp3) is 0.742. The van der Waals surface area contributed by atoms with E-state index < -0.39 is 6.10 Å². The number of rotatable bonds is 55. The summed E-state index contributed by atoms with van der Waals surface area (Å²) in [7, 11) is 0. The fourth-order valence-corrected chi connectivity index (χ4v) is 8.57. The summed E-state index contributed by atoms with van der Waals surface area (Å²) in [6.45, 7) is 6.46. The molecule has 0 spiro atoms. The molecule has 0 amide bonds. The van der Waals surface area contributed by atoms with Gasteiger partial charge in [0.05, 0.1) is 0 Å². The molecule has 0 aromatic rings. The Bertz CT molecular complexity index is 1380. The van der Waals surface area contributed by atoms with Crippen LogP contribution in [0.5, 0.6) is 0 Å². The molecule has 0 aromatic carbocycles. The highest BCUT2D eigenvalue weighted by Crippen LogP contribution is 2.16. The molecule has 72 heavy (non-hydrogen) atoms. The van der Waals surface area contributed by atoms with Gasteiger partial charge in [0.2, 0.25) is 0 Å². The van der Waals surface area contributed by atoms with E-state index in [9.17, 15) is 14.4 Å². The van der Waals surface area contributed by atoms with Crippen LogP contribution in [0.2, 0.25) is 0 Å². The van der Waals surface area contributed by atoms with Crippen LogP contribution in [0.4, 0.5) is 0 Å². The molecule has 0 heterocycles. The quantitative estimate of drug-likeness (QED) is 0.0261. The molecule has 6 nitrogen and oxygen atoms in total. The van der Waals surface area contributed by atoms with Crippen molar-refractivity contribution in [3.8, 4) is 0 Å². The van der Waals surface area contributed by atoms with Gasteiger partial charge in [-0.2, -0.15) is 0 Å². The molecule has 0 fully saturated rings. The van der Waals surface area contributed by atoms with E-state index in [0.29, 0.717) is 19.3 Å². The third-order valence-corrected chi connectivity index (χ3v) is 13.1. The van der Waals surface area contributed by atoms with Gasteiger partial charge in [-0.1, -0.05) is 273 Å². The smallest absolute Gasteiger partial charge is 0.306 e. The molecule has 0 saturated heterocycles. The predicted octanol–water partition coefficient (Wildman–Crippen LogP) is 20.7. The molecule has 1 unspecified atom stereocenters. The summed E-state index contributed by atoms with van der Waals surface area (Å²) in [5, 5.41) is 0. The molecule has 6 heteroatoms. The summed E-state index contributed by atoms with van der Waals surface area (Å²) in [5.41, 5.74) is 0. The molecule has 0 aromatic heterocycles. The Labute approximate surface area is 445 Å². The second kappa shape index (κ2) is 60.1. The molecule has 0 aliphatic carbocycles. The first-order chi connectivity index (χ1) is 35.5. The Hall–Kier alpha value is -3.41.